The molecule has 0 aliphatic heterocycles. The molecule has 34 heavy (non-hydrogen) atoms. The smallest absolute Gasteiger partial charge is 0.273 e. The van der Waals surface area contributed by atoms with E-state index in [4.69, 9.17) is 8.85 Å². The number of amides is 1. The van der Waals surface area contributed by atoms with Gasteiger partial charge in [-0.05, 0) is 30.7 Å². The Morgan fingerprint density at radius 3 is 2.56 bits per heavy atom. The van der Waals surface area contributed by atoms with Crippen molar-refractivity contribution in [2.45, 2.75) is 6.92 Å². The largest absolute Gasteiger partial charge is 0.492 e. The van der Waals surface area contributed by atoms with Gasteiger partial charge in [-0.3, -0.25) is 4.79 Å². The number of rotatable bonds is 7. The topological polar surface area (TPSA) is 140 Å². The van der Waals surface area contributed by atoms with Crippen LogP contribution in [0.5, 0.6) is 5.75 Å². The van der Waals surface area contributed by atoms with Gasteiger partial charge in [0.15, 0.2) is 34.7 Å². The molecule has 0 unspecified atom stereocenters. The maximum Gasteiger partial charge on any atom is 0.273 e. The molecule has 1 amide bonds. The van der Waals surface area contributed by atoms with Crippen LogP contribution < -0.4 is 20.7 Å². The van der Waals surface area contributed by atoms with Crippen molar-refractivity contribution in [1.82, 2.24) is 35.5 Å². The van der Waals surface area contributed by atoms with Gasteiger partial charge in [-0.25, -0.2) is 24.3 Å². The quantitative estimate of drug-likeness (QED) is 0.374. The summed E-state index contributed by atoms with van der Waals surface area (Å²) in [5.41, 5.74) is 1.09. The molecule has 0 radical (unpaired) electrons. The number of nitrogens with zero attached hydrogens (tertiary/aromatic N) is 6. The van der Waals surface area contributed by atoms with Crippen molar-refractivity contribution in [1.29, 1.82) is 0 Å². The summed E-state index contributed by atoms with van der Waals surface area (Å²) in [4.78, 5) is 29.1. The van der Waals surface area contributed by atoms with Gasteiger partial charge in [0.2, 0.25) is 0 Å². The van der Waals surface area contributed by atoms with Crippen LogP contribution in [0.1, 0.15) is 20.2 Å². The van der Waals surface area contributed by atoms with Crippen molar-refractivity contribution < 1.29 is 18.0 Å². The predicted molar refractivity (Wildman–Crippen MR) is 123 cm³/mol. The molecule has 0 aromatic carbocycles. The second kappa shape index (κ2) is 9.81. The summed E-state index contributed by atoms with van der Waals surface area (Å²) >= 11 is 0. The molecule has 3 N–H and O–H groups in total. The number of methoxy groups -OCH3 is 1. The van der Waals surface area contributed by atoms with E-state index in [1.807, 2.05) is 18.3 Å². The molecule has 4 aromatic heterocycles. The van der Waals surface area contributed by atoms with Crippen LogP contribution in [0.2, 0.25) is 0 Å². The van der Waals surface area contributed by atoms with Crippen molar-refractivity contribution in [2.75, 3.05) is 24.7 Å². The van der Waals surface area contributed by atoms with Crippen LogP contribution in [-0.2, 0) is 0 Å². The molecule has 0 spiro atoms. The molecule has 0 bridgehead atoms. The van der Waals surface area contributed by atoms with E-state index >= 15 is 0 Å². The number of anilines is 4. The highest BCUT2D eigenvalue weighted by atomic mass is 19.1. The molecular weight excluding hydrogens is 441 g/mol. The lowest BCUT2D eigenvalue weighted by molar-refractivity contribution is 0.0958. The molecule has 0 aliphatic rings. The molecule has 172 valence electrons. The Morgan fingerprint density at radius 2 is 1.82 bits per heavy atom. The molecule has 0 aliphatic carbocycles. The summed E-state index contributed by atoms with van der Waals surface area (Å²) in [5.74, 6) is -0.427. The highest BCUT2D eigenvalue weighted by Crippen LogP contribution is 2.35. The number of ether oxygens (including phenoxy) is 1. The number of halogens is 1. The molecule has 0 saturated heterocycles. The summed E-state index contributed by atoms with van der Waals surface area (Å²) in [6.45, 7) is -0.863. The van der Waals surface area contributed by atoms with E-state index in [0.29, 0.717) is 11.4 Å². The molecule has 4 heterocycles. The zero-order chi connectivity index (χ0) is 26.6. The lowest BCUT2D eigenvalue weighted by Crippen LogP contribution is -2.21. The molecule has 12 heteroatoms. The lowest BCUT2D eigenvalue weighted by atomic mass is 10.2. The molecule has 0 atom stereocenters. The maximum atomic E-state index is 13.3. The van der Waals surface area contributed by atoms with Crippen LogP contribution in [-0.4, -0.2) is 50.1 Å². The predicted octanol–water partition coefficient (Wildman–Crippen LogP) is 3.03. The van der Waals surface area contributed by atoms with Crippen molar-refractivity contribution >= 4 is 29.0 Å². The molecule has 4 aromatic rings. The average molecular weight is 464 g/mol. The van der Waals surface area contributed by atoms with E-state index in [0.717, 1.165) is 18.0 Å². The van der Waals surface area contributed by atoms with Gasteiger partial charge in [0, 0.05) is 29.5 Å². The minimum Gasteiger partial charge on any atom is -0.492 e. The first-order valence-electron chi connectivity index (χ1n) is 11.3. The number of hydrogen-bond donors (Lipinski definition) is 3. The van der Waals surface area contributed by atoms with Crippen molar-refractivity contribution in [3.8, 4) is 17.1 Å². The van der Waals surface area contributed by atoms with E-state index < -0.39 is 18.7 Å². The molecule has 11 nitrogen and oxygen atoms in total. The summed E-state index contributed by atoms with van der Waals surface area (Å²) in [5, 5.41) is 15.7. The SMILES string of the molecule is [2H]C([2H])([2H])NC(=O)c1nnc(Nc2cc(C)ccn2)cc1Nc1nccc(-c2ncc(F)cn2)c1OC. The van der Waals surface area contributed by atoms with E-state index in [2.05, 4.69) is 40.8 Å². The third-order valence-electron chi connectivity index (χ3n) is 4.52. The van der Waals surface area contributed by atoms with Gasteiger partial charge in [0.25, 0.3) is 5.91 Å². The van der Waals surface area contributed by atoms with Gasteiger partial charge in [0.1, 0.15) is 5.82 Å². The highest BCUT2D eigenvalue weighted by Gasteiger charge is 2.19. The van der Waals surface area contributed by atoms with Gasteiger partial charge >= 0.3 is 0 Å². The Hall–Kier alpha value is -4.74. The number of carbonyl (C=O) groups is 1. The summed E-state index contributed by atoms with van der Waals surface area (Å²) < 4.78 is 40.9. The summed E-state index contributed by atoms with van der Waals surface area (Å²) in [6, 6.07) is 6.61. The Balaban J connectivity index is 1.75. The molecule has 0 fully saturated rings. The van der Waals surface area contributed by atoms with Gasteiger partial charge < -0.3 is 20.7 Å². The monoisotopic (exact) mass is 464 g/mol. The zero-order valence-corrected chi connectivity index (χ0v) is 18.0. The third-order valence-corrected chi connectivity index (χ3v) is 4.52. The Kier molecular flexibility index (Phi) is 5.42. The Morgan fingerprint density at radius 1 is 1.03 bits per heavy atom. The number of aryl methyl sites for hydroxylation is 1. The number of aromatic nitrogens is 6. The van der Waals surface area contributed by atoms with Crippen LogP contribution in [0.15, 0.2) is 49.1 Å². The van der Waals surface area contributed by atoms with Crippen LogP contribution in [0.25, 0.3) is 11.4 Å². The second-order valence-corrected chi connectivity index (χ2v) is 6.88. The fraction of sp³-hybridized carbons (Fsp3) is 0.136. The molecular formula is C22H20FN9O2. The van der Waals surface area contributed by atoms with Gasteiger partial charge in [-0.1, -0.05) is 0 Å². The number of pyridine rings is 2. The maximum absolute atomic E-state index is 13.3. The van der Waals surface area contributed by atoms with Gasteiger partial charge in [-0.2, -0.15) is 0 Å². The lowest BCUT2D eigenvalue weighted by Gasteiger charge is -2.15. The summed E-state index contributed by atoms with van der Waals surface area (Å²) in [7, 11) is 1.39. The normalized spacial score (nSPS) is 12.1. The van der Waals surface area contributed by atoms with Crippen molar-refractivity contribution in [2.24, 2.45) is 0 Å². The van der Waals surface area contributed by atoms with E-state index in [1.54, 1.807) is 18.3 Å². The third kappa shape index (κ3) is 4.85. The Labute approximate surface area is 198 Å². The minimum atomic E-state index is -2.76. The number of nitrogens with one attached hydrogen (secondary N) is 3. The van der Waals surface area contributed by atoms with Gasteiger partial charge in [-0.15, -0.1) is 10.2 Å². The first kappa shape index (κ1) is 18.8. The zero-order valence-electron chi connectivity index (χ0n) is 21.0. The fourth-order valence-electron chi connectivity index (χ4n) is 3.01. The van der Waals surface area contributed by atoms with Crippen molar-refractivity contribution in [3.05, 3.63) is 66.1 Å². The standard InChI is InChI=1S/C22H20FN9O2/c1-12-4-6-25-16(8-12)30-17-9-15(18(32-31-17)22(33)24-2)29-21-19(34-3)14(5-7-26-21)20-27-10-13(23)11-28-20/h4-11H,1-3H3,(H,24,33)(H2,25,26,29,30,31)/i2D3. The van der Waals surface area contributed by atoms with Crippen LogP contribution in [0, 0.1) is 12.7 Å². The van der Waals surface area contributed by atoms with E-state index in [9.17, 15) is 9.18 Å². The highest BCUT2D eigenvalue weighted by molar-refractivity contribution is 5.98. The number of carbonyl (C=O) groups excluding carboxylic acids is 1. The molecule has 0 saturated carbocycles. The molecule has 4 rings (SSSR count). The Bertz CT molecular complexity index is 1440. The van der Waals surface area contributed by atoms with Crippen LogP contribution in [0.4, 0.5) is 27.5 Å². The summed E-state index contributed by atoms with van der Waals surface area (Å²) in [6.07, 6.45) is 5.06. The van der Waals surface area contributed by atoms with Gasteiger partial charge in [0.05, 0.1) is 30.8 Å². The first-order chi connectivity index (χ1) is 17.6. The van der Waals surface area contributed by atoms with E-state index in [1.165, 1.54) is 19.4 Å². The first-order valence-corrected chi connectivity index (χ1v) is 9.81. The van der Waals surface area contributed by atoms with E-state index in [-0.39, 0.29) is 34.6 Å². The minimum absolute atomic E-state index is 0.0647. The second-order valence-electron chi connectivity index (χ2n) is 6.88. The fourth-order valence-corrected chi connectivity index (χ4v) is 3.01. The van der Waals surface area contributed by atoms with Crippen molar-refractivity contribution in [3.63, 3.8) is 0 Å². The average Bonchev–Trinajstić information content (AvgIpc) is 2.83. The van der Waals surface area contributed by atoms with Crippen LogP contribution in [0.3, 0.4) is 0 Å². The number of hydrogen-bond acceptors (Lipinski definition) is 10. The van der Waals surface area contributed by atoms with Crippen LogP contribution >= 0.6 is 0 Å².